The Morgan fingerprint density at radius 3 is 2.30 bits per heavy atom. The minimum atomic E-state index is 0.722. The number of nitrogens with two attached hydrogens (primary N) is 1. The Morgan fingerprint density at radius 2 is 1.80 bits per heavy atom. The molecule has 0 heterocycles. The largest absolute Gasteiger partial charge is 0.402 e. The Morgan fingerprint density at radius 1 is 1.20 bits per heavy atom. The van der Waals surface area contributed by atoms with Crippen LogP contribution in [0.25, 0.3) is 0 Å². The van der Waals surface area contributed by atoms with Crippen LogP contribution in [-0.4, -0.2) is 0 Å². The molecule has 10 heavy (non-hydrogen) atoms. The zero-order chi connectivity index (χ0) is 6.97. The van der Waals surface area contributed by atoms with Gasteiger partial charge in [0.15, 0.2) is 0 Å². The minimum absolute atomic E-state index is 0.722. The second kappa shape index (κ2) is 2.30. The molecule has 1 fully saturated rings. The summed E-state index contributed by atoms with van der Waals surface area (Å²) in [6.45, 7) is 0. The van der Waals surface area contributed by atoms with Crippen molar-refractivity contribution in [3.8, 4) is 0 Å². The fourth-order valence-electron chi connectivity index (χ4n) is 2.06. The van der Waals surface area contributed by atoms with E-state index in [-0.39, 0.29) is 0 Å². The maximum atomic E-state index is 5.66. The Hall–Kier alpha value is -0.460. The first-order valence-electron chi connectivity index (χ1n) is 4.35. The van der Waals surface area contributed by atoms with Gasteiger partial charge in [0.2, 0.25) is 0 Å². The van der Waals surface area contributed by atoms with Gasteiger partial charge in [-0.1, -0.05) is 25.3 Å². The summed E-state index contributed by atoms with van der Waals surface area (Å²) < 4.78 is 0. The van der Waals surface area contributed by atoms with E-state index >= 15 is 0 Å². The molecule has 0 aromatic heterocycles. The highest BCUT2D eigenvalue weighted by Gasteiger charge is 2.31. The summed E-state index contributed by atoms with van der Waals surface area (Å²) >= 11 is 0. The van der Waals surface area contributed by atoms with Gasteiger partial charge in [0.25, 0.3) is 0 Å². The van der Waals surface area contributed by atoms with Crippen molar-refractivity contribution >= 4 is 0 Å². The first kappa shape index (κ1) is 6.26. The highest BCUT2D eigenvalue weighted by Crippen LogP contribution is 2.40. The van der Waals surface area contributed by atoms with Crippen molar-refractivity contribution < 1.29 is 0 Å². The van der Waals surface area contributed by atoms with Crippen LogP contribution in [0.3, 0.4) is 0 Å². The van der Waals surface area contributed by atoms with E-state index in [1.807, 2.05) is 0 Å². The SMILES string of the molecule is NC1=CC1C1CCCCC1. The molecule has 0 aliphatic heterocycles. The molecule has 0 radical (unpaired) electrons. The first-order chi connectivity index (χ1) is 4.88. The summed E-state index contributed by atoms with van der Waals surface area (Å²) in [4.78, 5) is 0. The van der Waals surface area contributed by atoms with Gasteiger partial charge in [-0.2, -0.15) is 0 Å². The molecule has 2 aliphatic carbocycles. The molecule has 0 aromatic carbocycles. The van der Waals surface area contributed by atoms with Crippen LogP contribution in [0.1, 0.15) is 32.1 Å². The summed E-state index contributed by atoms with van der Waals surface area (Å²) in [6, 6.07) is 0. The first-order valence-corrected chi connectivity index (χ1v) is 4.35. The van der Waals surface area contributed by atoms with Crippen LogP contribution in [0.2, 0.25) is 0 Å². The Labute approximate surface area is 62.3 Å². The maximum absolute atomic E-state index is 5.66. The molecule has 1 unspecified atom stereocenters. The molecule has 0 spiro atoms. The van der Waals surface area contributed by atoms with E-state index in [1.54, 1.807) is 0 Å². The summed E-state index contributed by atoms with van der Waals surface area (Å²) in [5.41, 5.74) is 6.82. The summed E-state index contributed by atoms with van der Waals surface area (Å²) in [5.74, 6) is 1.65. The molecule has 0 aromatic rings. The zero-order valence-electron chi connectivity index (χ0n) is 6.34. The van der Waals surface area contributed by atoms with Crippen molar-refractivity contribution in [3.63, 3.8) is 0 Å². The monoisotopic (exact) mass is 137 g/mol. The van der Waals surface area contributed by atoms with E-state index in [0.717, 1.165) is 17.5 Å². The molecule has 56 valence electrons. The van der Waals surface area contributed by atoms with E-state index < -0.39 is 0 Å². The van der Waals surface area contributed by atoms with Gasteiger partial charge in [-0.25, -0.2) is 0 Å². The number of hydrogen-bond donors (Lipinski definition) is 1. The van der Waals surface area contributed by atoms with Gasteiger partial charge in [0.1, 0.15) is 0 Å². The van der Waals surface area contributed by atoms with Crippen molar-refractivity contribution in [2.45, 2.75) is 32.1 Å². The molecule has 0 amide bonds. The number of rotatable bonds is 1. The Balaban J connectivity index is 1.82. The lowest BCUT2D eigenvalue weighted by atomic mass is 9.85. The normalized spacial score (nSPS) is 33.6. The van der Waals surface area contributed by atoms with Crippen molar-refractivity contribution in [2.75, 3.05) is 0 Å². The molecule has 2 aliphatic rings. The third kappa shape index (κ3) is 1.05. The third-order valence-electron chi connectivity index (χ3n) is 2.81. The molecule has 1 nitrogen and oxygen atoms in total. The van der Waals surface area contributed by atoms with E-state index in [0.29, 0.717) is 0 Å². The standard InChI is InChI=1S/C9H15N/c10-9-6-8(9)7-4-2-1-3-5-7/h6-8H,1-5,10H2. The molecule has 0 bridgehead atoms. The van der Waals surface area contributed by atoms with E-state index in [4.69, 9.17) is 5.73 Å². The van der Waals surface area contributed by atoms with Gasteiger partial charge in [-0.05, 0) is 18.8 Å². The summed E-state index contributed by atoms with van der Waals surface area (Å²) in [5, 5.41) is 0. The van der Waals surface area contributed by atoms with Gasteiger partial charge in [-0.3, -0.25) is 0 Å². The average molecular weight is 137 g/mol. The van der Waals surface area contributed by atoms with Crippen molar-refractivity contribution in [1.82, 2.24) is 0 Å². The van der Waals surface area contributed by atoms with Crippen LogP contribution in [0.15, 0.2) is 11.8 Å². The highest BCUT2D eigenvalue weighted by molar-refractivity contribution is 5.26. The van der Waals surface area contributed by atoms with Crippen LogP contribution in [0.4, 0.5) is 0 Å². The second-order valence-electron chi connectivity index (χ2n) is 3.59. The smallest absolute Gasteiger partial charge is 0.0209 e. The van der Waals surface area contributed by atoms with Crippen LogP contribution < -0.4 is 5.73 Å². The van der Waals surface area contributed by atoms with Gasteiger partial charge in [0, 0.05) is 11.6 Å². The van der Waals surface area contributed by atoms with Gasteiger partial charge in [0.05, 0.1) is 0 Å². The zero-order valence-corrected chi connectivity index (χ0v) is 6.34. The van der Waals surface area contributed by atoms with Crippen LogP contribution in [-0.2, 0) is 0 Å². The number of hydrogen-bond acceptors (Lipinski definition) is 1. The Bertz CT molecular complexity index is 154. The molecule has 0 saturated heterocycles. The Kier molecular flexibility index (Phi) is 1.44. The molecule has 1 heteroatoms. The molecule has 2 N–H and O–H groups in total. The summed E-state index contributed by atoms with van der Waals surface area (Å²) in [6.07, 6.45) is 9.37. The van der Waals surface area contributed by atoms with Gasteiger partial charge in [-0.15, -0.1) is 0 Å². The van der Waals surface area contributed by atoms with E-state index in [1.165, 1.54) is 32.1 Å². The van der Waals surface area contributed by atoms with Crippen LogP contribution in [0.5, 0.6) is 0 Å². The van der Waals surface area contributed by atoms with E-state index in [9.17, 15) is 0 Å². The van der Waals surface area contributed by atoms with Crippen LogP contribution >= 0.6 is 0 Å². The predicted molar refractivity (Wildman–Crippen MR) is 42.3 cm³/mol. The van der Waals surface area contributed by atoms with E-state index in [2.05, 4.69) is 6.08 Å². The topological polar surface area (TPSA) is 26.0 Å². The van der Waals surface area contributed by atoms with Crippen molar-refractivity contribution in [3.05, 3.63) is 11.8 Å². The third-order valence-corrected chi connectivity index (χ3v) is 2.81. The fourth-order valence-corrected chi connectivity index (χ4v) is 2.06. The average Bonchev–Trinajstić information content (AvgIpc) is 2.69. The molecule has 2 rings (SSSR count). The maximum Gasteiger partial charge on any atom is 0.0209 e. The highest BCUT2D eigenvalue weighted by atomic mass is 14.7. The van der Waals surface area contributed by atoms with Crippen molar-refractivity contribution in [1.29, 1.82) is 0 Å². The second-order valence-corrected chi connectivity index (χ2v) is 3.59. The molecular weight excluding hydrogens is 122 g/mol. The fraction of sp³-hybridized carbons (Fsp3) is 0.778. The minimum Gasteiger partial charge on any atom is -0.402 e. The lowest BCUT2D eigenvalue weighted by Gasteiger charge is -2.21. The predicted octanol–water partition coefficient (Wildman–Crippen LogP) is 2.04. The quantitative estimate of drug-likeness (QED) is 0.588. The van der Waals surface area contributed by atoms with Gasteiger partial charge >= 0.3 is 0 Å². The molecule has 1 atom stereocenters. The number of allylic oxidation sites excluding steroid dienone is 2. The lowest BCUT2D eigenvalue weighted by molar-refractivity contribution is 0.332. The van der Waals surface area contributed by atoms with Crippen LogP contribution in [0, 0.1) is 11.8 Å². The lowest BCUT2D eigenvalue weighted by Crippen LogP contribution is -2.11. The van der Waals surface area contributed by atoms with Crippen molar-refractivity contribution in [2.24, 2.45) is 17.6 Å². The van der Waals surface area contributed by atoms with Gasteiger partial charge < -0.3 is 5.73 Å². The molecule has 1 saturated carbocycles. The summed E-state index contributed by atoms with van der Waals surface area (Å²) in [7, 11) is 0. The molecular formula is C9H15N.